The van der Waals surface area contributed by atoms with E-state index in [-0.39, 0.29) is 11.4 Å². The van der Waals surface area contributed by atoms with Crippen molar-refractivity contribution >= 4 is 5.69 Å². The SMILES string of the molecule is CCCCOCc1ccc(OC)c([N+](=O)[O-])c1. The van der Waals surface area contributed by atoms with E-state index < -0.39 is 4.92 Å². The molecular formula is C12H17NO4. The van der Waals surface area contributed by atoms with Crippen LogP contribution in [0.1, 0.15) is 25.3 Å². The van der Waals surface area contributed by atoms with Crippen LogP contribution in [0.2, 0.25) is 0 Å². The van der Waals surface area contributed by atoms with Crippen LogP contribution in [0.3, 0.4) is 0 Å². The molecule has 94 valence electrons. The van der Waals surface area contributed by atoms with Crippen LogP contribution < -0.4 is 4.74 Å². The van der Waals surface area contributed by atoms with Gasteiger partial charge in [-0.05, 0) is 18.1 Å². The maximum absolute atomic E-state index is 10.8. The van der Waals surface area contributed by atoms with Gasteiger partial charge in [0.2, 0.25) is 0 Å². The molecule has 0 radical (unpaired) electrons. The van der Waals surface area contributed by atoms with Crippen LogP contribution in [0.25, 0.3) is 0 Å². The molecule has 0 unspecified atom stereocenters. The Morgan fingerprint density at radius 3 is 2.76 bits per heavy atom. The second-order valence-electron chi connectivity index (χ2n) is 3.67. The van der Waals surface area contributed by atoms with E-state index >= 15 is 0 Å². The van der Waals surface area contributed by atoms with Gasteiger partial charge in [0.1, 0.15) is 0 Å². The summed E-state index contributed by atoms with van der Waals surface area (Å²) in [5.41, 5.74) is 0.762. The van der Waals surface area contributed by atoms with Crippen LogP contribution in [0.15, 0.2) is 18.2 Å². The molecule has 0 atom stereocenters. The predicted molar refractivity (Wildman–Crippen MR) is 64.2 cm³/mol. The monoisotopic (exact) mass is 239 g/mol. The van der Waals surface area contributed by atoms with Crippen LogP contribution in [-0.4, -0.2) is 18.6 Å². The molecule has 5 heteroatoms. The van der Waals surface area contributed by atoms with E-state index in [1.807, 2.05) is 0 Å². The Morgan fingerprint density at radius 2 is 2.18 bits per heavy atom. The Labute approximate surface area is 101 Å². The summed E-state index contributed by atoms with van der Waals surface area (Å²) >= 11 is 0. The minimum Gasteiger partial charge on any atom is -0.490 e. The van der Waals surface area contributed by atoms with Gasteiger partial charge in [0, 0.05) is 12.7 Å². The third kappa shape index (κ3) is 4.03. The Morgan fingerprint density at radius 1 is 1.41 bits per heavy atom. The van der Waals surface area contributed by atoms with Crippen LogP contribution in [-0.2, 0) is 11.3 Å². The average Bonchev–Trinajstić information content (AvgIpc) is 2.34. The number of benzene rings is 1. The Balaban J connectivity index is 2.68. The summed E-state index contributed by atoms with van der Waals surface area (Å²) in [4.78, 5) is 10.3. The van der Waals surface area contributed by atoms with Crippen molar-refractivity contribution in [2.45, 2.75) is 26.4 Å². The van der Waals surface area contributed by atoms with Crippen molar-refractivity contribution < 1.29 is 14.4 Å². The fourth-order valence-corrected chi connectivity index (χ4v) is 1.40. The number of methoxy groups -OCH3 is 1. The van der Waals surface area contributed by atoms with E-state index in [4.69, 9.17) is 9.47 Å². The minimum atomic E-state index is -0.450. The first-order valence-electron chi connectivity index (χ1n) is 5.58. The highest BCUT2D eigenvalue weighted by Crippen LogP contribution is 2.27. The lowest BCUT2D eigenvalue weighted by molar-refractivity contribution is -0.385. The molecule has 0 heterocycles. The first kappa shape index (κ1) is 13.4. The molecule has 5 nitrogen and oxygen atoms in total. The first-order valence-corrected chi connectivity index (χ1v) is 5.58. The van der Waals surface area contributed by atoms with Gasteiger partial charge in [-0.2, -0.15) is 0 Å². The standard InChI is InChI=1S/C12H17NO4/c1-3-4-7-17-9-10-5-6-12(16-2)11(8-10)13(14)15/h5-6,8H,3-4,7,9H2,1-2H3. The first-order chi connectivity index (χ1) is 8.19. The second-order valence-corrected chi connectivity index (χ2v) is 3.67. The molecule has 1 aromatic rings. The van der Waals surface area contributed by atoms with E-state index in [9.17, 15) is 10.1 Å². The number of unbranched alkanes of at least 4 members (excludes halogenated alkanes) is 1. The number of hydrogen-bond acceptors (Lipinski definition) is 4. The number of nitrogens with zero attached hydrogens (tertiary/aromatic N) is 1. The van der Waals surface area contributed by atoms with Crippen molar-refractivity contribution in [2.75, 3.05) is 13.7 Å². The molecular weight excluding hydrogens is 222 g/mol. The van der Waals surface area contributed by atoms with Crippen molar-refractivity contribution in [3.63, 3.8) is 0 Å². The summed E-state index contributed by atoms with van der Waals surface area (Å²) in [6, 6.07) is 4.86. The van der Waals surface area contributed by atoms with Gasteiger partial charge in [0.25, 0.3) is 0 Å². The van der Waals surface area contributed by atoms with E-state index in [0.717, 1.165) is 18.4 Å². The van der Waals surface area contributed by atoms with Crippen molar-refractivity contribution in [1.29, 1.82) is 0 Å². The fraction of sp³-hybridized carbons (Fsp3) is 0.500. The highest BCUT2D eigenvalue weighted by Gasteiger charge is 2.14. The summed E-state index contributed by atoms with van der Waals surface area (Å²) < 4.78 is 10.3. The molecule has 0 spiro atoms. The summed E-state index contributed by atoms with van der Waals surface area (Å²) in [5, 5.41) is 10.8. The highest BCUT2D eigenvalue weighted by atomic mass is 16.6. The molecule has 0 N–H and O–H groups in total. The van der Waals surface area contributed by atoms with Gasteiger partial charge in [-0.25, -0.2) is 0 Å². The molecule has 0 aliphatic carbocycles. The van der Waals surface area contributed by atoms with E-state index in [1.54, 1.807) is 12.1 Å². The molecule has 0 aromatic heterocycles. The number of rotatable bonds is 7. The molecule has 0 saturated carbocycles. The van der Waals surface area contributed by atoms with Crippen molar-refractivity contribution in [3.8, 4) is 5.75 Å². The van der Waals surface area contributed by atoms with E-state index in [1.165, 1.54) is 13.2 Å². The quantitative estimate of drug-likeness (QED) is 0.417. The normalized spacial score (nSPS) is 10.2. The lowest BCUT2D eigenvalue weighted by Crippen LogP contribution is -1.98. The third-order valence-corrected chi connectivity index (χ3v) is 2.35. The molecule has 0 aliphatic rings. The zero-order valence-electron chi connectivity index (χ0n) is 10.1. The zero-order chi connectivity index (χ0) is 12.7. The number of nitro benzene ring substituents is 1. The van der Waals surface area contributed by atoms with Crippen LogP contribution >= 0.6 is 0 Å². The molecule has 1 aromatic carbocycles. The molecule has 0 saturated heterocycles. The topological polar surface area (TPSA) is 61.6 Å². The Bertz CT molecular complexity index is 379. The maximum Gasteiger partial charge on any atom is 0.311 e. The largest absolute Gasteiger partial charge is 0.490 e. The zero-order valence-corrected chi connectivity index (χ0v) is 10.1. The average molecular weight is 239 g/mol. The smallest absolute Gasteiger partial charge is 0.311 e. The highest BCUT2D eigenvalue weighted by molar-refractivity contribution is 5.48. The van der Waals surface area contributed by atoms with Gasteiger partial charge >= 0.3 is 5.69 Å². The van der Waals surface area contributed by atoms with Gasteiger partial charge in [-0.3, -0.25) is 10.1 Å². The number of nitro groups is 1. The van der Waals surface area contributed by atoms with Crippen LogP contribution in [0, 0.1) is 10.1 Å². The van der Waals surface area contributed by atoms with Gasteiger partial charge in [0.05, 0.1) is 18.6 Å². The summed E-state index contributed by atoms with van der Waals surface area (Å²) in [6.07, 6.45) is 2.07. The molecule has 0 bridgehead atoms. The van der Waals surface area contributed by atoms with Gasteiger partial charge < -0.3 is 9.47 Å². The molecule has 0 aliphatic heterocycles. The molecule has 0 fully saturated rings. The van der Waals surface area contributed by atoms with E-state index in [2.05, 4.69) is 6.92 Å². The van der Waals surface area contributed by atoms with Gasteiger partial charge in [-0.1, -0.05) is 19.4 Å². The summed E-state index contributed by atoms with van der Waals surface area (Å²) in [5.74, 6) is 0.271. The minimum absolute atomic E-state index is 0.0240. The van der Waals surface area contributed by atoms with Gasteiger partial charge in [0.15, 0.2) is 5.75 Å². The van der Waals surface area contributed by atoms with Crippen molar-refractivity contribution in [1.82, 2.24) is 0 Å². The van der Waals surface area contributed by atoms with Crippen LogP contribution in [0.4, 0.5) is 5.69 Å². The number of ether oxygens (including phenoxy) is 2. The number of hydrogen-bond donors (Lipinski definition) is 0. The molecule has 17 heavy (non-hydrogen) atoms. The Kier molecular flexibility index (Phi) is 5.42. The lowest BCUT2D eigenvalue weighted by atomic mass is 10.2. The lowest BCUT2D eigenvalue weighted by Gasteiger charge is -2.06. The third-order valence-electron chi connectivity index (χ3n) is 2.35. The van der Waals surface area contributed by atoms with Gasteiger partial charge in [-0.15, -0.1) is 0 Å². The van der Waals surface area contributed by atoms with Crippen LogP contribution in [0.5, 0.6) is 5.75 Å². The van der Waals surface area contributed by atoms with Crippen molar-refractivity contribution in [3.05, 3.63) is 33.9 Å². The summed E-state index contributed by atoms with van der Waals surface area (Å²) in [7, 11) is 1.42. The van der Waals surface area contributed by atoms with E-state index in [0.29, 0.717) is 13.2 Å². The molecule has 1 rings (SSSR count). The Hall–Kier alpha value is -1.62. The fourth-order valence-electron chi connectivity index (χ4n) is 1.40. The van der Waals surface area contributed by atoms with Crippen molar-refractivity contribution in [2.24, 2.45) is 0 Å². The molecule has 0 amide bonds. The maximum atomic E-state index is 10.8. The second kappa shape index (κ2) is 6.85. The summed E-state index contributed by atoms with van der Waals surface area (Å²) in [6.45, 7) is 3.16. The predicted octanol–water partition coefficient (Wildman–Crippen LogP) is 2.92.